The van der Waals surface area contributed by atoms with Crippen molar-refractivity contribution in [1.29, 1.82) is 0 Å². The van der Waals surface area contributed by atoms with E-state index >= 15 is 0 Å². The summed E-state index contributed by atoms with van der Waals surface area (Å²) in [6.07, 6.45) is -1.03. The first-order valence-corrected chi connectivity index (χ1v) is 5.79. The molecule has 2 rings (SSSR count). The Morgan fingerprint density at radius 1 is 1.37 bits per heavy atom. The second-order valence-corrected chi connectivity index (χ2v) is 4.34. The van der Waals surface area contributed by atoms with E-state index in [0.29, 0.717) is 0 Å². The van der Waals surface area contributed by atoms with Gasteiger partial charge in [0.15, 0.2) is 0 Å². The molecule has 1 aromatic rings. The first kappa shape index (κ1) is 13.8. The van der Waals surface area contributed by atoms with E-state index in [0.717, 1.165) is 6.08 Å². The predicted molar refractivity (Wildman–Crippen MR) is 61.7 cm³/mol. The number of hydrogen-bond donors (Lipinski definition) is 0. The summed E-state index contributed by atoms with van der Waals surface area (Å²) in [6.45, 7) is -0.0970. The quantitative estimate of drug-likeness (QED) is 0.747. The summed E-state index contributed by atoms with van der Waals surface area (Å²) in [5, 5.41) is 0.0642. The average Bonchev–Trinajstić information content (AvgIpc) is 2.37. The number of carbonyl (C=O) groups excluding carboxylic acids is 1. The van der Waals surface area contributed by atoms with Crippen molar-refractivity contribution in [3.63, 3.8) is 0 Å². The summed E-state index contributed by atoms with van der Waals surface area (Å²) in [4.78, 5) is 20.7. The Bertz CT molecular complexity index is 530. The predicted octanol–water partition coefficient (Wildman–Crippen LogP) is 2.46. The minimum absolute atomic E-state index is 0.00162. The zero-order chi connectivity index (χ0) is 14.0. The van der Waals surface area contributed by atoms with Gasteiger partial charge in [0.05, 0.1) is 12.4 Å². The van der Waals surface area contributed by atoms with Crippen LogP contribution in [-0.4, -0.2) is 40.0 Å². The summed E-state index contributed by atoms with van der Waals surface area (Å²) in [6, 6.07) is 0. The highest BCUT2D eigenvalue weighted by Gasteiger charge is 2.35. The highest BCUT2D eigenvalue weighted by Crippen LogP contribution is 2.30. The lowest BCUT2D eigenvalue weighted by Gasteiger charge is -2.26. The van der Waals surface area contributed by atoms with E-state index in [4.69, 9.17) is 11.6 Å². The normalized spacial score (nSPS) is 16.2. The van der Waals surface area contributed by atoms with Crippen molar-refractivity contribution in [1.82, 2.24) is 14.9 Å². The first-order valence-electron chi connectivity index (χ1n) is 5.41. The molecule has 0 radical (unpaired) electrons. The van der Waals surface area contributed by atoms with Crippen molar-refractivity contribution in [2.24, 2.45) is 0 Å². The molecule has 0 saturated carbocycles. The fourth-order valence-electron chi connectivity index (χ4n) is 1.72. The lowest BCUT2D eigenvalue weighted by Crippen LogP contribution is -2.37. The molecule has 0 bridgehead atoms. The molecule has 1 aliphatic rings. The lowest BCUT2D eigenvalue weighted by molar-refractivity contribution is -0.0957. The highest BCUT2D eigenvalue weighted by molar-refractivity contribution is 6.29. The summed E-state index contributed by atoms with van der Waals surface area (Å²) in [7, 11) is 0. The Labute approximate surface area is 111 Å². The number of rotatable bonds is 1. The Morgan fingerprint density at radius 2 is 2.11 bits per heavy atom. The van der Waals surface area contributed by atoms with Crippen LogP contribution in [0, 0.1) is 0 Å². The van der Waals surface area contributed by atoms with Gasteiger partial charge in [-0.2, -0.15) is 13.2 Å². The number of nitrogens with zero attached hydrogens (tertiary/aromatic N) is 3. The molecule has 0 spiro atoms. The molecule has 0 aromatic carbocycles. The van der Waals surface area contributed by atoms with E-state index in [1.807, 2.05) is 0 Å². The lowest BCUT2D eigenvalue weighted by atomic mass is 10.1. The fourth-order valence-corrected chi connectivity index (χ4v) is 1.87. The number of halogens is 4. The molecule has 0 N–H and O–H groups in total. The van der Waals surface area contributed by atoms with Crippen LogP contribution in [-0.2, 0) is 0 Å². The van der Waals surface area contributed by atoms with Gasteiger partial charge in [-0.05, 0) is 6.42 Å². The van der Waals surface area contributed by atoms with Gasteiger partial charge in [0, 0.05) is 18.7 Å². The van der Waals surface area contributed by atoms with Crippen molar-refractivity contribution in [2.45, 2.75) is 12.6 Å². The summed E-state index contributed by atoms with van der Waals surface area (Å²) in [5.74, 6) is -0.479. The fraction of sp³-hybridized carbons (Fsp3) is 0.364. The molecule has 0 fully saturated rings. The SMILES string of the molecule is O=C(c1cncc(Cl)n1)N1CC=C(C(F)(F)F)CC1. The maximum absolute atomic E-state index is 12.4. The molecule has 0 saturated heterocycles. The number of alkyl halides is 3. The van der Waals surface area contributed by atoms with E-state index in [9.17, 15) is 18.0 Å². The van der Waals surface area contributed by atoms with Crippen molar-refractivity contribution >= 4 is 17.5 Å². The third-order valence-electron chi connectivity index (χ3n) is 2.68. The third-order valence-corrected chi connectivity index (χ3v) is 2.87. The van der Waals surface area contributed by atoms with Crippen LogP contribution in [0.3, 0.4) is 0 Å². The Hall–Kier alpha value is -1.63. The van der Waals surface area contributed by atoms with E-state index in [-0.39, 0.29) is 30.4 Å². The largest absolute Gasteiger partial charge is 0.412 e. The van der Waals surface area contributed by atoms with Gasteiger partial charge >= 0.3 is 6.18 Å². The van der Waals surface area contributed by atoms with E-state index in [1.54, 1.807) is 0 Å². The van der Waals surface area contributed by atoms with E-state index in [2.05, 4.69) is 9.97 Å². The smallest absolute Gasteiger partial charge is 0.333 e. The molecule has 0 aliphatic carbocycles. The van der Waals surface area contributed by atoms with E-state index in [1.165, 1.54) is 17.3 Å². The van der Waals surface area contributed by atoms with Gasteiger partial charge in [0.2, 0.25) is 0 Å². The maximum atomic E-state index is 12.4. The average molecular weight is 292 g/mol. The van der Waals surface area contributed by atoms with Gasteiger partial charge in [-0.15, -0.1) is 0 Å². The van der Waals surface area contributed by atoms with Gasteiger partial charge in [0.25, 0.3) is 5.91 Å². The Morgan fingerprint density at radius 3 is 2.63 bits per heavy atom. The maximum Gasteiger partial charge on any atom is 0.412 e. The summed E-state index contributed by atoms with van der Waals surface area (Å²) < 4.78 is 37.3. The molecule has 19 heavy (non-hydrogen) atoms. The third kappa shape index (κ3) is 3.23. The van der Waals surface area contributed by atoms with Gasteiger partial charge < -0.3 is 4.90 Å². The van der Waals surface area contributed by atoms with Crippen LogP contribution in [0.1, 0.15) is 16.9 Å². The Kier molecular flexibility index (Phi) is 3.75. The topological polar surface area (TPSA) is 46.1 Å². The van der Waals surface area contributed by atoms with Crippen molar-refractivity contribution < 1.29 is 18.0 Å². The van der Waals surface area contributed by atoms with Crippen LogP contribution in [0.2, 0.25) is 5.15 Å². The number of aromatic nitrogens is 2. The van der Waals surface area contributed by atoms with Gasteiger partial charge in [-0.25, -0.2) is 4.98 Å². The van der Waals surface area contributed by atoms with Crippen LogP contribution < -0.4 is 0 Å². The van der Waals surface area contributed by atoms with Crippen LogP contribution in [0.25, 0.3) is 0 Å². The highest BCUT2D eigenvalue weighted by atomic mass is 35.5. The summed E-state index contributed by atoms with van der Waals surface area (Å²) >= 11 is 5.61. The van der Waals surface area contributed by atoms with Gasteiger partial charge in [-0.1, -0.05) is 17.7 Å². The minimum Gasteiger partial charge on any atom is -0.333 e. The molecular weight excluding hydrogens is 283 g/mol. The zero-order valence-corrected chi connectivity index (χ0v) is 10.4. The Balaban J connectivity index is 2.10. The van der Waals surface area contributed by atoms with Crippen LogP contribution in [0.15, 0.2) is 24.0 Å². The number of carbonyl (C=O) groups is 1. The zero-order valence-electron chi connectivity index (χ0n) is 9.62. The molecular formula is C11H9ClF3N3O. The number of hydrogen-bond acceptors (Lipinski definition) is 3. The molecule has 4 nitrogen and oxygen atoms in total. The van der Waals surface area contributed by atoms with Gasteiger partial charge in [-0.3, -0.25) is 9.78 Å². The monoisotopic (exact) mass is 291 g/mol. The van der Waals surface area contributed by atoms with Crippen LogP contribution in [0.5, 0.6) is 0 Å². The summed E-state index contributed by atoms with van der Waals surface area (Å²) in [5.41, 5.74) is -0.579. The molecule has 102 valence electrons. The standard InChI is InChI=1S/C11H9ClF3N3O/c12-9-6-16-5-8(17-9)10(19)18-3-1-7(2-4-18)11(13,14)15/h1,5-6H,2-4H2. The molecule has 0 atom stereocenters. The molecule has 1 aromatic heterocycles. The van der Waals surface area contributed by atoms with E-state index < -0.39 is 17.7 Å². The second kappa shape index (κ2) is 5.16. The molecule has 1 amide bonds. The molecule has 1 aliphatic heterocycles. The first-order chi connectivity index (χ1) is 8.88. The molecule has 0 unspecified atom stereocenters. The van der Waals surface area contributed by atoms with Crippen molar-refractivity contribution in [3.05, 3.63) is 34.9 Å². The van der Waals surface area contributed by atoms with Crippen LogP contribution in [0.4, 0.5) is 13.2 Å². The molecule has 8 heteroatoms. The van der Waals surface area contributed by atoms with Crippen LogP contribution >= 0.6 is 11.6 Å². The second-order valence-electron chi connectivity index (χ2n) is 3.96. The van der Waals surface area contributed by atoms with Crippen molar-refractivity contribution in [2.75, 3.05) is 13.1 Å². The van der Waals surface area contributed by atoms with Crippen molar-refractivity contribution in [3.8, 4) is 0 Å². The minimum atomic E-state index is -4.33. The molecule has 2 heterocycles. The number of amides is 1. The van der Waals surface area contributed by atoms with Gasteiger partial charge in [0.1, 0.15) is 10.8 Å².